The van der Waals surface area contributed by atoms with E-state index in [0.29, 0.717) is 0 Å². The summed E-state index contributed by atoms with van der Waals surface area (Å²) < 4.78 is 90.6. The zero-order chi connectivity index (χ0) is 35.4. The molecular formula is C28H38N4O12P2S2. The van der Waals surface area contributed by atoms with Crippen molar-refractivity contribution in [1.82, 2.24) is 8.61 Å². The van der Waals surface area contributed by atoms with Gasteiger partial charge >= 0.3 is 15.6 Å². The summed E-state index contributed by atoms with van der Waals surface area (Å²) in [5.41, 5.74) is -0.814. The van der Waals surface area contributed by atoms with Crippen molar-refractivity contribution in [2.45, 2.75) is 50.3 Å². The van der Waals surface area contributed by atoms with E-state index in [1.54, 1.807) is 0 Å². The van der Waals surface area contributed by atoms with Gasteiger partial charge in [-0.3, -0.25) is 28.8 Å². The zero-order valence-corrected chi connectivity index (χ0v) is 30.0. The van der Waals surface area contributed by atoms with Crippen LogP contribution in [0.5, 0.6) is 0 Å². The average Bonchev–Trinajstić information content (AvgIpc) is 2.96. The molecule has 16 nitrogen and oxygen atoms in total. The summed E-state index contributed by atoms with van der Waals surface area (Å²) in [6.45, 7) is 8.78. The maximum absolute atomic E-state index is 13.9. The van der Waals surface area contributed by atoms with Crippen molar-refractivity contribution < 1.29 is 54.8 Å². The van der Waals surface area contributed by atoms with E-state index >= 15 is 0 Å². The second kappa shape index (κ2) is 13.3. The van der Waals surface area contributed by atoms with Crippen LogP contribution in [-0.4, -0.2) is 82.6 Å². The van der Waals surface area contributed by atoms with E-state index in [9.17, 15) is 45.5 Å². The van der Waals surface area contributed by atoms with Gasteiger partial charge in [-0.15, -0.1) is 0 Å². The molecule has 0 spiro atoms. The van der Waals surface area contributed by atoms with Gasteiger partial charge in [0.1, 0.15) is 11.4 Å². The number of fused-ring (bicyclic) bond motifs is 2. The predicted octanol–water partition coefficient (Wildman–Crippen LogP) is 3.06. The first-order valence-corrected chi connectivity index (χ1v) is 21.0. The smallest absolute Gasteiger partial charge is 0.292 e. The van der Waals surface area contributed by atoms with Gasteiger partial charge in [-0.25, -0.2) is 26.0 Å². The topological polar surface area (TPSA) is 233 Å². The number of piperidine rings is 2. The van der Waals surface area contributed by atoms with Gasteiger partial charge in [-0.1, -0.05) is 50.1 Å². The molecule has 2 aliphatic heterocycles. The number of hydrogen-bond donors (Lipinski definition) is 4. The van der Waals surface area contributed by atoms with Crippen LogP contribution >= 0.6 is 15.6 Å². The fourth-order valence-corrected chi connectivity index (χ4v) is 10.5. The molecule has 0 radical (unpaired) electrons. The van der Waals surface area contributed by atoms with E-state index in [4.69, 9.17) is 0 Å². The third-order valence-electron chi connectivity index (χ3n) is 8.43. The van der Waals surface area contributed by atoms with E-state index in [1.807, 2.05) is 27.7 Å². The molecule has 3 aliphatic rings. The lowest BCUT2D eigenvalue weighted by Crippen LogP contribution is -2.42. The Morgan fingerprint density at radius 1 is 0.604 bits per heavy atom. The van der Waals surface area contributed by atoms with Crippen molar-refractivity contribution in [1.29, 1.82) is 0 Å². The van der Waals surface area contributed by atoms with Crippen molar-refractivity contribution in [3.63, 3.8) is 0 Å². The monoisotopic (exact) mass is 748 g/mol. The summed E-state index contributed by atoms with van der Waals surface area (Å²) in [5, 5.41) is 7.36. The van der Waals surface area contributed by atoms with Crippen molar-refractivity contribution in [3.05, 3.63) is 58.7 Å². The van der Waals surface area contributed by atoms with Crippen LogP contribution in [0.2, 0.25) is 0 Å². The summed E-state index contributed by atoms with van der Waals surface area (Å²) in [5.74, 6) is 0.321. The first-order valence-electron chi connectivity index (χ1n) is 15.1. The lowest BCUT2D eigenvalue weighted by Gasteiger charge is -2.34. The molecule has 0 aromatic heterocycles. The second-order valence-electron chi connectivity index (χ2n) is 13.0. The Morgan fingerprint density at radius 2 is 0.917 bits per heavy atom. The molecule has 2 aromatic rings. The number of oxime groups is 2. The molecule has 0 unspecified atom stereocenters. The minimum absolute atomic E-state index is 0.0117. The lowest BCUT2D eigenvalue weighted by atomic mass is 9.83. The maximum atomic E-state index is 13.9. The molecule has 2 heterocycles. The Kier molecular flexibility index (Phi) is 10.2. The first kappa shape index (κ1) is 36.8. The molecule has 2 saturated heterocycles. The third kappa shape index (κ3) is 7.94. The number of benzene rings is 2. The Bertz CT molecular complexity index is 1850. The highest BCUT2D eigenvalue weighted by Gasteiger charge is 2.37. The number of rotatable bonds is 8. The van der Waals surface area contributed by atoms with Crippen molar-refractivity contribution in [2.75, 3.05) is 26.2 Å². The van der Waals surface area contributed by atoms with Gasteiger partial charge in [0.05, 0.1) is 9.79 Å². The van der Waals surface area contributed by atoms with Crippen LogP contribution in [0.4, 0.5) is 0 Å². The van der Waals surface area contributed by atoms with Gasteiger partial charge in [0.15, 0.2) is 0 Å². The Labute approximate surface area is 279 Å². The Morgan fingerprint density at radius 3 is 1.23 bits per heavy atom. The van der Waals surface area contributed by atoms with Crippen LogP contribution in [0.3, 0.4) is 0 Å². The van der Waals surface area contributed by atoms with Crippen molar-refractivity contribution in [3.8, 4) is 0 Å². The van der Waals surface area contributed by atoms with Gasteiger partial charge in [-0.05, 0) is 60.8 Å². The first-order chi connectivity index (χ1) is 22.2. The molecule has 5 rings (SSSR count). The summed E-state index contributed by atoms with van der Waals surface area (Å²) in [6, 6.07) is 7.43. The van der Waals surface area contributed by atoms with E-state index in [1.165, 1.54) is 45.0 Å². The number of phosphoric acid groups is 2. The molecule has 264 valence electrons. The van der Waals surface area contributed by atoms with Gasteiger partial charge in [0.2, 0.25) is 20.0 Å². The van der Waals surface area contributed by atoms with Crippen LogP contribution in [0.1, 0.15) is 62.8 Å². The molecule has 4 atom stereocenters. The minimum Gasteiger partial charge on any atom is -0.292 e. The van der Waals surface area contributed by atoms with Crippen LogP contribution in [0.25, 0.3) is 0 Å². The van der Waals surface area contributed by atoms with Gasteiger partial charge in [-0.2, -0.15) is 8.61 Å². The zero-order valence-electron chi connectivity index (χ0n) is 26.6. The Hall–Kier alpha value is -2.50. The second-order valence-corrected chi connectivity index (χ2v) is 19.1. The van der Waals surface area contributed by atoms with E-state index in [0.717, 1.165) is 12.8 Å². The Balaban J connectivity index is 1.73. The highest BCUT2D eigenvalue weighted by atomic mass is 32.2. The molecular weight excluding hydrogens is 710 g/mol. The number of hydrogen-bond acceptors (Lipinski definition) is 10. The van der Waals surface area contributed by atoms with Crippen molar-refractivity contribution in [2.24, 2.45) is 34.0 Å². The summed E-state index contributed by atoms with van der Waals surface area (Å²) >= 11 is 0. The standard InChI is InChI=1S/C28H38N4O12P2S2/c1-17-9-18(2)14-31(13-17)47(39,40)21-5-7-23-25(11-21)28(30-44-46(36,37)38)26-12-22(6-8-24(26)27(23)29-43-45(33,34)35)48(41,42)32-15-19(3)10-20(4)16-32/h5-8,11-12,17-20H,9-10,13-16H2,1-4H3,(H2,33,34,35)(H2,36,37,38)/t17-,18+,19-,20+. The van der Waals surface area contributed by atoms with Gasteiger partial charge in [0, 0.05) is 48.4 Å². The summed E-state index contributed by atoms with van der Waals surface area (Å²) in [6.07, 6.45) is 1.67. The lowest BCUT2D eigenvalue weighted by molar-refractivity contribution is 0.203. The fraction of sp³-hybridized carbons (Fsp3) is 0.500. The van der Waals surface area contributed by atoms with Crippen molar-refractivity contribution >= 4 is 47.1 Å². The van der Waals surface area contributed by atoms with E-state index in [-0.39, 0.29) is 93.3 Å². The third-order valence-corrected chi connectivity index (χ3v) is 12.7. The maximum Gasteiger partial charge on any atom is 0.545 e. The quantitative estimate of drug-likeness (QED) is 0.192. The molecule has 2 aromatic carbocycles. The molecule has 0 saturated carbocycles. The van der Waals surface area contributed by atoms with Crippen LogP contribution in [0.15, 0.2) is 56.5 Å². The molecule has 0 amide bonds. The SMILES string of the molecule is C[C@@H]1C[C@H](C)CN(S(=O)(=O)c2ccc3c(c2)C(=NOP(=O)(O)O)c2cc(S(=O)(=O)N4C[C@H](C)C[C@H](C)C4)ccc2C3=NOP(=O)(O)O)C1. The fourth-order valence-electron chi connectivity index (χ4n) is 6.75. The molecule has 0 bridgehead atoms. The van der Waals surface area contributed by atoms with Gasteiger partial charge < -0.3 is 0 Å². The highest BCUT2D eigenvalue weighted by molar-refractivity contribution is 7.89. The average molecular weight is 749 g/mol. The van der Waals surface area contributed by atoms with Crippen LogP contribution in [0, 0.1) is 23.7 Å². The predicted molar refractivity (Wildman–Crippen MR) is 174 cm³/mol. The highest BCUT2D eigenvalue weighted by Crippen LogP contribution is 2.41. The summed E-state index contributed by atoms with van der Waals surface area (Å²) in [4.78, 5) is 37.5. The largest absolute Gasteiger partial charge is 0.545 e. The van der Waals surface area contributed by atoms with Crippen LogP contribution < -0.4 is 0 Å². The molecule has 48 heavy (non-hydrogen) atoms. The van der Waals surface area contributed by atoms with E-state index < -0.39 is 35.7 Å². The summed E-state index contributed by atoms with van der Waals surface area (Å²) in [7, 11) is -18.7. The van der Waals surface area contributed by atoms with E-state index in [2.05, 4.69) is 19.6 Å². The molecule has 2 fully saturated rings. The molecule has 20 heteroatoms. The van der Waals surface area contributed by atoms with Crippen LogP contribution in [-0.2, 0) is 38.4 Å². The van der Waals surface area contributed by atoms with Gasteiger partial charge in [0.25, 0.3) is 0 Å². The molecule has 1 aliphatic carbocycles. The number of nitrogens with zero attached hydrogens (tertiary/aromatic N) is 4. The normalized spacial score (nSPS) is 24.4. The molecule has 4 N–H and O–H groups in total. The minimum atomic E-state index is -5.26. The number of sulfonamides is 2.